The summed E-state index contributed by atoms with van der Waals surface area (Å²) in [5.74, 6) is 0.292. The Morgan fingerprint density at radius 3 is 2.71 bits per heavy atom. The Balaban J connectivity index is 3.02. The summed E-state index contributed by atoms with van der Waals surface area (Å²) in [5, 5.41) is 8.58. The number of hydrogen-bond acceptors (Lipinski definition) is 4. The molecule has 0 aliphatic heterocycles. The Kier molecular flexibility index (Phi) is 4.78. The van der Waals surface area contributed by atoms with E-state index in [9.17, 15) is 4.79 Å². The van der Waals surface area contributed by atoms with Crippen molar-refractivity contribution >= 4 is 5.91 Å². The fourth-order valence-corrected chi connectivity index (χ4v) is 1.48. The lowest BCUT2D eigenvalue weighted by molar-refractivity contribution is -0.130. The third kappa shape index (κ3) is 3.10. The molecular formula is C12H17NO4. The number of hydrogen-bond donors (Lipinski definition) is 2. The highest BCUT2D eigenvalue weighted by Crippen LogP contribution is 2.30. The second kappa shape index (κ2) is 6.10. The van der Waals surface area contributed by atoms with E-state index in [1.54, 1.807) is 37.7 Å². The first-order valence-corrected chi connectivity index (χ1v) is 5.38. The number of amides is 1. The zero-order chi connectivity index (χ0) is 12.8. The predicted octanol–water partition coefficient (Wildman–Crippen LogP) is 1.70. The number of rotatable bonds is 5. The van der Waals surface area contributed by atoms with Crippen LogP contribution in [0.3, 0.4) is 0 Å². The average molecular weight is 239 g/mol. The van der Waals surface area contributed by atoms with Crippen molar-refractivity contribution in [2.24, 2.45) is 0 Å². The summed E-state index contributed by atoms with van der Waals surface area (Å²) in [6.07, 6.45) is 0. The highest BCUT2D eigenvalue weighted by molar-refractivity contribution is 5.82. The predicted molar refractivity (Wildman–Crippen MR) is 62.5 cm³/mol. The smallest absolute Gasteiger partial charge is 0.250 e. The van der Waals surface area contributed by atoms with E-state index in [4.69, 9.17) is 14.7 Å². The van der Waals surface area contributed by atoms with Crippen LogP contribution in [0.15, 0.2) is 18.2 Å². The van der Waals surface area contributed by atoms with Crippen LogP contribution < -0.4 is 15.0 Å². The van der Waals surface area contributed by atoms with Crippen molar-refractivity contribution < 1.29 is 19.5 Å². The highest BCUT2D eigenvalue weighted by Gasteiger charge is 2.16. The second-order valence-corrected chi connectivity index (χ2v) is 3.54. The number of carbonyl (C=O) groups is 1. The molecular weight excluding hydrogens is 222 g/mol. The average Bonchev–Trinajstić information content (AvgIpc) is 2.37. The minimum atomic E-state index is -0.461. The fourth-order valence-electron chi connectivity index (χ4n) is 1.48. The normalized spacial score (nSPS) is 11.8. The van der Waals surface area contributed by atoms with Crippen LogP contribution in [0, 0.1) is 0 Å². The molecule has 0 saturated heterocycles. The zero-order valence-electron chi connectivity index (χ0n) is 10.2. The van der Waals surface area contributed by atoms with Crippen molar-refractivity contribution in [2.75, 3.05) is 13.7 Å². The Bertz CT molecular complexity index is 392. The van der Waals surface area contributed by atoms with Crippen LogP contribution in [-0.2, 0) is 4.79 Å². The molecule has 2 N–H and O–H groups in total. The van der Waals surface area contributed by atoms with Gasteiger partial charge in [-0.1, -0.05) is 6.07 Å². The highest BCUT2D eigenvalue weighted by atomic mass is 16.5. The van der Waals surface area contributed by atoms with E-state index < -0.39 is 11.8 Å². The van der Waals surface area contributed by atoms with E-state index in [1.807, 2.05) is 6.92 Å². The first-order chi connectivity index (χ1) is 8.13. The Morgan fingerprint density at radius 1 is 1.47 bits per heavy atom. The molecule has 0 fully saturated rings. The van der Waals surface area contributed by atoms with Crippen molar-refractivity contribution in [3.05, 3.63) is 23.8 Å². The van der Waals surface area contributed by atoms with Gasteiger partial charge in [0.2, 0.25) is 0 Å². The van der Waals surface area contributed by atoms with Gasteiger partial charge in [0, 0.05) is 0 Å². The molecule has 1 amide bonds. The minimum absolute atomic E-state index is 0.454. The van der Waals surface area contributed by atoms with Crippen LogP contribution >= 0.6 is 0 Å². The Morgan fingerprint density at radius 2 is 2.18 bits per heavy atom. The van der Waals surface area contributed by atoms with Gasteiger partial charge < -0.3 is 9.47 Å². The molecule has 1 aromatic rings. The van der Waals surface area contributed by atoms with Gasteiger partial charge in [-0.25, -0.2) is 5.48 Å². The third-order valence-electron chi connectivity index (χ3n) is 2.49. The Labute approximate surface area is 100 Å². The van der Waals surface area contributed by atoms with Crippen molar-refractivity contribution in [1.29, 1.82) is 0 Å². The lowest BCUT2D eigenvalue weighted by atomic mass is 10.0. The maximum atomic E-state index is 11.3. The first kappa shape index (κ1) is 13.3. The van der Waals surface area contributed by atoms with Crippen LogP contribution in [0.1, 0.15) is 25.3 Å². The third-order valence-corrected chi connectivity index (χ3v) is 2.49. The zero-order valence-corrected chi connectivity index (χ0v) is 10.2. The van der Waals surface area contributed by atoms with Gasteiger partial charge in [-0.2, -0.15) is 0 Å². The second-order valence-electron chi connectivity index (χ2n) is 3.54. The summed E-state index contributed by atoms with van der Waals surface area (Å²) in [6, 6.07) is 5.24. The lowest BCUT2D eigenvalue weighted by Crippen LogP contribution is -2.24. The van der Waals surface area contributed by atoms with Crippen LogP contribution in [0.25, 0.3) is 0 Å². The van der Waals surface area contributed by atoms with E-state index in [0.29, 0.717) is 18.1 Å². The van der Waals surface area contributed by atoms with Gasteiger partial charge in [0.25, 0.3) is 5.91 Å². The van der Waals surface area contributed by atoms with E-state index in [1.165, 1.54) is 0 Å². The molecule has 1 rings (SSSR count). The minimum Gasteiger partial charge on any atom is -0.493 e. The number of benzene rings is 1. The number of carbonyl (C=O) groups excluding carboxylic acids is 1. The fraction of sp³-hybridized carbons (Fsp3) is 0.417. The Hall–Kier alpha value is -1.75. The van der Waals surface area contributed by atoms with Crippen molar-refractivity contribution in [3.8, 4) is 11.5 Å². The molecule has 0 aromatic heterocycles. The van der Waals surface area contributed by atoms with Gasteiger partial charge >= 0.3 is 0 Å². The van der Waals surface area contributed by atoms with Crippen molar-refractivity contribution in [2.45, 2.75) is 19.8 Å². The SMILES string of the molecule is CCOc1cc(C(C)C(=O)NO)ccc1OC. The quantitative estimate of drug-likeness (QED) is 0.606. The molecule has 1 unspecified atom stereocenters. The number of nitrogens with one attached hydrogen (secondary N) is 1. The van der Waals surface area contributed by atoms with E-state index >= 15 is 0 Å². The molecule has 0 spiro atoms. The standard InChI is InChI=1S/C12H17NO4/c1-4-17-11-7-9(5-6-10(11)16-3)8(2)12(14)13-15/h5-8,15H,4H2,1-3H3,(H,13,14). The van der Waals surface area contributed by atoms with Gasteiger partial charge in [-0.15, -0.1) is 0 Å². The molecule has 1 atom stereocenters. The summed E-state index contributed by atoms with van der Waals surface area (Å²) in [6.45, 7) is 4.08. The van der Waals surface area contributed by atoms with Crippen molar-refractivity contribution in [1.82, 2.24) is 5.48 Å². The maximum absolute atomic E-state index is 11.3. The topological polar surface area (TPSA) is 67.8 Å². The molecule has 5 heteroatoms. The van der Waals surface area contributed by atoms with Crippen LogP contribution in [-0.4, -0.2) is 24.8 Å². The molecule has 0 heterocycles. The lowest BCUT2D eigenvalue weighted by Gasteiger charge is -2.14. The van der Waals surface area contributed by atoms with Crippen LogP contribution in [0.2, 0.25) is 0 Å². The molecule has 94 valence electrons. The van der Waals surface area contributed by atoms with E-state index in [-0.39, 0.29) is 0 Å². The summed E-state index contributed by atoms with van der Waals surface area (Å²) in [4.78, 5) is 11.3. The molecule has 0 bridgehead atoms. The molecule has 1 aromatic carbocycles. The monoisotopic (exact) mass is 239 g/mol. The van der Waals surface area contributed by atoms with Gasteiger partial charge in [0.15, 0.2) is 11.5 Å². The number of ether oxygens (including phenoxy) is 2. The number of methoxy groups -OCH3 is 1. The molecule has 5 nitrogen and oxygen atoms in total. The molecule has 0 aliphatic rings. The molecule has 0 saturated carbocycles. The van der Waals surface area contributed by atoms with Gasteiger partial charge in [0.05, 0.1) is 19.6 Å². The largest absolute Gasteiger partial charge is 0.493 e. The van der Waals surface area contributed by atoms with Crippen molar-refractivity contribution in [3.63, 3.8) is 0 Å². The summed E-state index contributed by atoms with van der Waals surface area (Å²) in [5.41, 5.74) is 2.38. The molecule has 0 radical (unpaired) electrons. The summed E-state index contributed by atoms with van der Waals surface area (Å²) < 4.78 is 10.6. The molecule has 17 heavy (non-hydrogen) atoms. The van der Waals surface area contributed by atoms with E-state index in [0.717, 1.165) is 5.56 Å². The summed E-state index contributed by atoms with van der Waals surface area (Å²) in [7, 11) is 1.56. The molecule has 0 aliphatic carbocycles. The van der Waals surface area contributed by atoms with Gasteiger partial charge in [-0.3, -0.25) is 10.0 Å². The number of hydroxylamine groups is 1. The van der Waals surface area contributed by atoms with Gasteiger partial charge in [-0.05, 0) is 31.5 Å². The van der Waals surface area contributed by atoms with Crippen LogP contribution in [0.5, 0.6) is 11.5 Å². The van der Waals surface area contributed by atoms with E-state index in [2.05, 4.69) is 0 Å². The first-order valence-electron chi connectivity index (χ1n) is 5.38. The summed E-state index contributed by atoms with van der Waals surface area (Å²) >= 11 is 0. The van der Waals surface area contributed by atoms with Crippen LogP contribution in [0.4, 0.5) is 0 Å². The maximum Gasteiger partial charge on any atom is 0.250 e. The van der Waals surface area contributed by atoms with Gasteiger partial charge in [0.1, 0.15) is 0 Å².